The molecule has 1 aromatic carbocycles. The van der Waals surface area contributed by atoms with Crippen LogP contribution < -0.4 is 10.1 Å². The summed E-state index contributed by atoms with van der Waals surface area (Å²) in [6, 6.07) is 3.02. The normalized spacial score (nSPS) is 17.7. The number of benzene rings is 1. The number of hydrogen-bond donors (Lipinski definition) is 1. The Balaban J connectivity index is 2.23. The number of likely N-dealkylation sites (N-methyl/N-ethyl adjacent to an activating group) is 1. The second-order valence-electron chi connectivity index (χ2n) is 6.95. The lowest BCUT2D eigenvalue weighted by Gasteiger charge is -2.29. The number of non-ortho nitro benzene ring substituents is 1. The second kappa shape index (κ2) is 9.18. The number of anilines is 1. The third-order valence-corrected chi connectivity index (χ3v) is 6.28. The third kappa shape index (κ3) is 5.87. The molecule has 0 aliphatic carbocycles. The van der Waals surface area contributed by atoms with Crippen molar-refractivity contribution in [2.45, 2.75) is 12.5 Å². The van der Waals surface area contributed by atoms with Crippen LogP contribution >= 0.6 is 0 Å². The first-order valence-corrected chi connectivity index (χ1v) is 10.7. The van der Waals surface area contributed by atoms with Crippen LogP contribution in [0.5, 0.6) is 5.75 Å². The molecule has 11 nitrogen and oxygen atoms in total. The lowest BCUT2D eigenvalue weighted by atomic mass is 10.2. The number of hydrogen-bond acceptors (Lipinski definition) is 8. The van der Waals surface area contributed by atoms with E-state index in [1.54, 1.807) is 14.1 Å². The van der Waals surface area contributed by atoms with Crippen molar-refractivity contribution in [3.05, 3.63) is 28.3 Å². The zero-order chi connectivity index (χ0) is 21.8. The molecule has 160 valence electrons. The Kier molecular flexibility index (Phi) is 7.14. The van der Waals surface area contributed by atoms with E-state index in [0.717, 1.165) is 6.07 Å². The predicted octanol–water partition coefficient (Wildman–Crippen LogP) is 0.119. The van der Waals surface area contributed by atoms with E-state index >= 15 is 0 Å². The van der Waals surface area contributed by atoms with E-state index in [2.05, 4.69) is 5.32 Å². The van der Waals surface area contributed by atoms with Gasteiger partial charge in [0, 0.05) is 31.3 Å². The lowest BCUT2D eigenvalue weighted by molar-refractivity contribution is -0.384. The van der Waals surface area contributed by atoms with Crippen molar-refractivity contribution in [3.63, 3.8) is 0 Å². The Bertz CT molecular complexity index is 901. The molecule has 1 aliphatic rings. The second-order valence-corrected chi connectivity index (χ2v) is 9.18. The summed E-state index contributed by atoms with van der Waals surface area (Å²) >= 11 is 0. The van der Waals surface area contributed by atoms with Crippen LogP contribution in [0.1, 0.15) is 6.42 Å². The van der Waals surface area contributed by atoms with Crippen molar-refractivity contribution in [2.24, 2.45) is 0 Å². The van der Waals surface area contributed by atoms with Gasteiger partial charge in [-0.25, -0.2) is 8.42 Å². The van der Waals surface area contributed by atoms with Gasteiger partial charge in [0.15, 0.2) is 9.84 Å². The number of carbonyl (C=O) groups excluding carboxylic acids is 2. The van der Waals surface area contributed by atoms with Crippen LogP contribution in [0.3, 0.4) is 0 Å². The molecule has 1 fully saturated rings. The van der Waals surface area contributed by atoms with E-state index in [-0.39, 0.29) is 41.6 Å². The van der Waals surface area contributed by atoms with Gasteiger partial charge in [0.1, 0.15) is 5.75 Å². The van der Waals surface area contributed by atoms with Crippen LogP contribution in [-0.2, 0) is 19.4 Å². The Hall–Kier alpha value is -2.73. The van der Waals surface area contributed by atoms with Crippen LogP contribution in [0.4, 0.5) is 11.4 Å². The van der Waals surface area contributed by atoms with Gasteiger partial charge in [0.25, 0.3) is 5.69 Å². The molecule has 1 unspecified atom stereocenters. The molecule has 0 spiro atoms. The van der Waals surface area contributed by atoms with E-state index in [9.17, 15) is 28.1 Å². The monoisotopic (exact) mass is 428 g/mol. The van der Waals surface area contributed by atoms with Gasteiger partial charge in [-0.05, 0) is 26.6 Å². The molecule has 2 amide bonds. The molecule has 0 bridgehead atoms. The molecule has 0 radical (unpaired) electrons. The van der Waals surface area contributed by atoms with Gasteiger partial charge in [-0.2, -0.15) is 0 Å². The van der Waals surface area contributed by atoms with Gasteiger partial charge in [-0.15, -0.1) is 0 Å². The van der Waals surface area contributed by atoms with Gasteiger partial charge < -0.3 is 19.9 Å². The maximum absolute atomic E-state index is 12.8. The van der Waals surface area contributed by atoms with Crippen LogP contribution in [0, 0.1) is 10.1 Å². The van der Waals surface area contributed by atoms with Gasteiger partial charge in [0.05, 0.1) is 29.2 Å². The van der Waals surface area contributed by atoms with Gasteiger partial charge in [0.2, 0.25) is 0 Å². The lowest BCUT2D eigenvalue weighted by Crippen LogP contribution is -2.48. The Morgan fingerprint density at radius 1 is 1.31 bits per heavy atom. The average Bonchev–Trinajstić information content (AvgIpc) is 3.00. The number of nitro benzene ring substituents is 1. The number of rotatable bonds is 7. The summed E-state index contributed by atoms with van der Waals surface area (Å²) in [5.41, 5.74) is -0.299. The summed E-state index contributed by atoms with van der Waals surface area (Å²) in [6.07, 6.45) is 0.259. The molecule has 2 rings (SSSR count). The number of sulfone groups is 1. The highest BCUT2D eigenvalue weighted by Gasteiger charge is 2.36. The van der Waals surface area contributed by atoms with Crippen LogP contribution in [0.2, 0.25) is 0 Å². The van der Waals surface area contributed by atoms with Gasteiger partial charge in [-0.3, -0.25) is 19.7 Å². The molecule has 1 heterocycles. The maximum atomic E-state index is 12.8. The van der Waals surface area contributed by atoms with E-state index in [0.29, 0.717) is 6.54 Å². The fraction of sp³-hybridized carbons (Fsp3) is 0.529. The Morgan fingerprint density at radius 3 is 2.52 bits per heavy atom. The number of carbonyl (C=O) groups is 2. The van der Waals surface area contributed by atoms with E-state index in [4.69, 9.17) is 4.74 Å². The summed E-state index contributed by atoms with van der Waals surface area (Å²) in [6.45, 7) is 0.612. The van der Waals surface area contributed by atoms with Gasteiger partial charge in [-0.1, -0.05) is 0 Å². The first-order chi connectivity index (χ1) is 13.5. The Labute approximate surface area is 168 Å². The van der Waals surface area contributed by atoms with Crippen LogP contribution in [0.25, 0.3) is 0 Å². The van der Waals surface area contributed by atoms with E-state index in [1.165, 1.54) is 24.1 Å². The summed E-state index contributed by atoms with van der Waals surface area (Å²) in [7, 11) is 1.66. The number of ether oxygens (including phenoxy) is 1. The third-order valence-electron chi connectivity index (χ3n) is 4.53. The largest absolute Gasteiger partial charge is 0.495 e. The number of methoxy groups -OCH3 is 1. The van der Waals surface area contributed by atoms with Crippen molar-refractivity contribution < 1.29 is 27.7 Å². The van der Waals surface area contributed by atoms with Crippen molar-refractivity contribution >= 4 is 33.0 Å². The fourth-order valence-corrected chi connectivity index (χ4v) is 4.72. The topological polar surface area (TPSA) is 139 Å². The standard InChI is InChI=1S/C17H24N4O7S/c1-19(2)7-8-20(13-6-9-29(26,27)11-13)17(23)16(22)18-14-10-12(21(24)25)4-5-15(14)28-3/h4-5,10,13H,6-9,11H2,1-3H3,(H,18,22). The maximum Gasteiger partial charge on any atom is 0.314 e. The molecule has 1 aliphatic heterocycles. The SMILES string of the molecule is COc1ccc([N+](=O)[O-])cc1NC(=O)C(=O)N(CCN(C)C)C1CCS(=O)(=O)C1. The molecule has 12 heteroatoms. The quantitative estimate of drug-likeness (QED) is 0.367. The summed E-state index contributed by atoms with van der Waals surface area (Å²) in [5, 5.41) is 13.3. The molecule has 1 atom stereocenters. The summed E-state index contributed by atoms with van der Waals surface area (Å²) < 4.78 is 28.7. The fourth-order valence-electron chi connectivity index (χ4n) is 2.99. The first kappa shape index (κ1) is 22.6. The zero-order valence-electron chi connectivity index (χ0n) is 16.5. The minimum atomic E-state index is -3.26. The molecule has 29 heavy (non-hydrogen) atoms. The average molecular weight is 428 g/mol. The molecular formula is C17H24N4O7S. The van der Waals surface area contributed by atoms with E-state index < -0.39 is 32.6 Å². The highest BCUT2D eigenvalue weighted by Crippen LogP contribution is 2.29. The molecular weight excluding hydrogens is 404 g/mol. The number of nitrogens with zero attached hydrogens (tertiary/aromatic N) is 3. The molecule has 0 saturated carbocycles. The zero-order valence-corrected chi connectivity index (χ0v) is 17.3. The minimum absolute atomic E-state index is 0.0216. The number of amides is 2. The number of nitrogens with one attached hydrogen (secondary N) is 1. The van der Waals surface area contributed by atoms with Crippen molar-refractivity contribution in [1.82, 2.24) is 9.80 Å². The van der Waals surface area contributed by atoms with Crippen LogP contribution in [-0.4, -0.2) is 86.8 Å². The summed E-state index contributed by atoms with van der Waals surface area (Å²) in [5.74, 6) is -2.00. The first-order valence-electron chi connectivity index (χ1n) is 8.83. The van der Waals surface area contributed by atoms with E-state index in [1.807, 2.05) is 4.90 Å². The predicted molar refractivity (Wildman–Crippen MR) is 106 cm³/mol. The smallest absolute Gasteiger partial charge is 0.314 e. The van der Waals surface area contributed by atoms with Gasteiger partial charge >= 0.3 is 11.8 Å². The van der Waals surface area contributed by atoms with Crippen molar-refractivity contribution in [3.8, 4) is 5.75 Å². The van der Waals surface area contributed by atoms with Crippen molar-refractivity contribution in [1.29, 1.82) is 0 Å². The summed E-state index contributed by atoms with van der Waals surface area (Å²) in [4.78, 5) is 38.8. The minimum Gasteiger partial charge on any atom is -0.495 e. The molecule has 0 aromatic heterocycles. The number of nitro groups is 1. The van der Waals surface area contributed by atoms with Crippen molar-refractivity contribution in [2.75, 3.05) is 51.1 Å². The van der Waals surface area contributed by atoms with Crippen LogP contribution in [0.15, 0.2) is 18.2 Å². The molecule has 1 saturated heterocycles. The highest BCUT2D eigenvalue weighted by molar-refractivity contribution is 7.91. The highest BCUT2D eigenvalue weighted by atomic mass is 32.2. The Morgan fingerprint density at radius 2 is 2.00 bits per heavy atom. The molecule has 1 N–H and O–H groups in total. The molecule has 1 aromatic rings.